The standard InChI is InChI=1S/C15H17BrN2O/c1-2-19-15-9-13(6-7-14(15)17)18-10-11-4-3-5-12(16)8-11/h3-9,18H,2,10,17H2,1H3. The molecule has 2 aromatic carbocycles. The van der Waals surface area contributed by atoms with Crippen molar-refractivity contribution >= 4 is 27.3 Å². The highest BCUT2D eigenvalue weighted by Gasteiger charge is 2.02. The lowest BCUT2D eigenvalue weighted by Crippen LogP contribution is -2.01. The largest absolute Gasteiger partial charge is 0.492 e. The van der Waals surface area contributed by atoms with Gasteiger partial charge in [-0.3, -0.25) is 0 Å². The summed E-state index contributed by atoms with van der Waals surface area (Å²) in [5.41, 5.74) is 8.72. The van der Waals surface area contributed by atoms with Gasteiger partial charge in [-0.1, -0.05) is 28.1 Å². The lowest BCUT2D eigenvalue weighted by atomic mass is 10.2. The zero-order valence-electron chi connectivity index (χ0n) is 10.8. The van der Waals surface area contributed by atoms with E-state index in [0.29, 0.717) is 12.3 Å². The molecule has 2 rings (SSSR count). The van der Waals surface area contributed by atoms with Crippen molar-refractivity contribution in [2.45, 2.75) is 13.5 Å². The van der Waals surface area contributed by atoms with Crippen molar-refractivity contribution in [1.82, 2.24) is 0 Å². The molecule has 3 N–H and O–H groups in total. The summed E-state index contributed by atoms with van der Waals surface area (Å²) in [7, 11) is 0. The second-order valence-electron chi connectivity index (χ2n) is 4.17. The monoisotopic (exact) mass is 320 g/mol. The van der Waals surface area contributed by atoms with Crippen LogP contribution in [0.15, 0.2) is 46.9 Å². The minimum Gasteiger partial charge on any atom is -0.492 e. The molecule has 0 fully saturated rings. The number of ether oxygens (including phenoxy) is 1. The summed E-state index contributed by atoms with van der Waals surface area (Å²) < 4.78 is 6.56. The van der Waals surface area contributed by atoms with Crippen LogP contribution >= 0.6 is 15.9 Å². The first-order valence-electron chi connectivity index (χ1n) is 6.19. The van der Waals surface area contributed by atoms with Gasteiger partial charge in [0.1, 0.15) is 5.75 Å². The Kier molecular flexibility index (Phi) is 4.68. The molecule has 0 unspecified atom stereocenters. The van der Waals surface area contributed by atoms with Crippen molar-refractivity contribution in [2.24, 2.45) is 0 Å². The molecule has 0 saturated heterocycles. The highest BCUT2D eigenvalue weighted by atomic mass is 79.9. The van der Waals surface area contributed by atoms with Gasteiger partial charge in [-0.15, -0.1) is 0 Å². The van der Waals surface area contributed by atoms with Gasteiger partial charge in [-0.05, 0) is 36.8 Å². The van der Waals surface area contributed by atoms with Crippen LogP contribution in [0.1, 0.15) is 12.5 Å². The number of hydrogen-bond acceptors (Lipinski definition) is 3. The van der Waals surface area contributed by atoms with Crippen LogP contribution in [0.4, 0.5) is 11.4 Å². The number of benzene rings is 2. The first-order chi connectivity index (χ1) is 9.19. The molecule has 0 aliphatic carbocycles. The smallest absolute Gasteiger partial charge is 0.144 e. The van der Waals surface area contributed by atoms with Crippen molar-refractivity contribution in [3.05, 3.63) is 52.5 Å². The van der Waals surface area contributed by atoms with Crippen LogP contribution in [0, 0.1) is 0 Å². The number of rotatable bonds is 5. The molecule has 0 aliphatic heterocycles. The quantitative estimate of drug-likeness (QED) is 0.817. The SMILES string of the molecule is CCOc1cc(NCc2cccc(Br)c2)ccc1N. The topological polar surface area (TPSA) is 47.3 Å². The van der Waals surface area contributed by atoms with E-state index in [4.69, 9.17) is 10.5 Å². The summed E-state index contributed by atoms with van der Waals surface area (Å²) in [6.45, 7) is 3.31. The Hall–Kier alpha value is -1.68. The fraction of sp³-hybridized carbons (Fsp3) is 0.200. The maximum Gasteiger partial charge on any atom is 0.144 e. The second kappa shape index (κ2) is 6.48. The van der Waals surface area contributed by atoms with Crippen molar-refractivity contribution in [3.63, 3.8) is 0 Å². The van der Waals surface area contributed by atoms with E-state index in [1.54, 1.807) is 0 Å². The molecule has 0 amide bonds. The molecule has 0 aromatic heterocycles. The maximum atomic E-state index is 5.84. The molecule has 0 heterocycles. The van der Waals surface area contributed by atoms with Gasteiger partial charge in [-0.2, -0.15) is 0 Å². The third-order valence-corrected chi connectivity index (χ3v) is 3.19. The van der Waals surface area contributed by atoms with Crippen LogP contribution in [-0.4, -0.2) is 6.61 Å². The zero-order chi connectivity index (χ0) is 13.7. The van der Waals surface area contributed by atoms with E-state index in [-0.39, 0.29) is 0 Å². The van der Waals surface area contributed by atoms with Crippen LogP contribution in [0.25, 0.3) is 0 Å². The molecule has 2 aromatic rings. The summed E-state index contributed by atoms with van der Waals surface area (Å²) in [5, 5.41) is 3.36. The number of nitrogen functional groups attached to an aromatic ring is 1. The fourth-order valence-electron chi connectivity index (χ4n) is 1.78. The van der Waals surface area contributed by atoms with Crippen LogP contribution in [0.2, 0.25) is 0 Å². The van der Waals surface area contributed by atoms with E-state index < -0.39 is 0 Å². The highest BCUT2D eigenvalue weighted by Crippen LogP contribution is 2.25. The predicted octanol–water partition coefficient (Wildman–Crippen LogP) is 4.04. The van der Waals surface area contributed by atoms with Gasteiger partial charge in [0.15, 0.2) is 0 Å². The van der Waals surface area contributed by atoms with E-state index in [9.17, 15) is 0 Å². The summed E-state index contributed by atoms with van der Waals surface area (Å²) in [5.74, 6) is 0.724. The maximum absolute atomic E-state index is 5.84. The summed E-state index contributed by atoms with van der Waals surface area (Å²) in [6, 6.07) is 13.9. The molecular weight excluding hydrogens is 304 g/mol. The Labute approximate surface area is 121 Å². The van der Waals surface area contributed by atoms with Crippen LogP contribution in [0.3, 0.4) is 0 Å². The van der Waals surface area contributed by atoms with Crippen LogP contribution in [0.5, 0.6) is 5.75 Å². The van der Waals surface area contributed by atoms with E-state index in [2.05, 4.69) is 33.4 Å². The van der Waals surface area contributed by atoms with Gasteiger partial charge in [0.05, 0.1) is 12.3 Å². The number of nitrogens with one attached hydrogen (secondary N) is 1. The summed E-state index contributed by atoms with van der Waals surface area (Å²) >= 11 is 3.47. The Morgan fingerprint density at radius 2 is 2.05 bits per heavy atom. The van der Waals surface area contributed by atoms with Gasteiger partial charge in [-0.25, -0.2) is 0 Å². The average Bonchev–Trinajstić information content (AvgIpc) is 2.40. The lowest BCUT2D eigenvalue weighted by molar-refractivity contribution is 0.342. The van der Waals surface area contributed by atoms with Crippen molar-refractivity contribution in [3.8, 4) is 5.75 Å². The molecule has 100 valence electrons. The molecule has 0 radical (unpaired) electrons. The van der Waals surface area contributed by atoms with Gasteiger partial charge in [0.2, 0.25) is 0 Å². The average molecular weight is 321 g/mol. The molecule has 3 nitrogen and oxygen atoms in total. The summed E-state index contributed by atoms with van der Waals surface area (Å²) in [6.07, 6.45) is 0. The Bertz CT molecular complexity index is 558. The van der Waals surface area contributed by atoms with Crippen LogP contribution < -0.4 is 15.8 Å². The van der Waals surface area contributed by atoms with Crippen LogP contribution in [-0.2, 0) is 6.54 Å². The van der Waals surface area contributed by atoms with Gasteiger partial charge in [0.25, 0.3) is 0 Å². The number of nitrogens with two attached hydrogens (primary N) is 1. The predicted molar refractivity (Wildman–Crippen MR) is 83.5 cm³/mol. The second-order valence-corrected chi connectivity index (χ2v) is 5.08. The third-order valence-electron chi connectivity index (χ3n) is 2.70. The number of anilines is 2. The molecule has 4 heteroatoms. The molecule has 0 saturated carbocycles. The molecule has 0 bridgehead atoms. The number of halogens is 1. The van der Waals surface area contributed by atoms with Crippen molar-refractivity contribution < 1.29 is 4.74 Å². The molecular formula is C15H17BrN2O. The minimum atomic E-state index is 0.610. The lowest BCUT2D eigenvalue weighted by Gasteiger charge is -2.11. The first kappa shape index (κ1) is 13.7. The Morgan fingerprint density at radius 1 is 1.21 bits per heavy atom. The van der Waals surface area contributed by atoms with Crippen molar-refractivity contribution in [1.29, 1.82) is 0 Å². The molecule has 0 aliphatic rings. The normalized spacial score (nSPS) is 10.2. The minimum absolute atomic E-state index is 0.610. The van der Waals surface area contributed by atoms with Gasteiger partial charge >= 0.3 is 0 Å². The molecule has 0 spiro atoms. The van der Waals surface area contributed by atoms with Gasteiger partial charge < -0.3 is 15.8 Å². The third kappa shape index (κ3) is 3.89. The molecule has 19 heavy (non-hydrogen) atoms. The van der Waals surface area contributed by atoms with E-state index in [1.807, 2.05) is 37.3 Å². The summed E-state index contributed by atoms with van der Waals surface area (Å²) in [4.78, 5) is 0. The van der Waals surface area contributed by atoms with E-state index >= 15 is 0 Å². The highest BCUT2D eigenvalue weighted by molar-refractivity contribution is 9.10. The fourth-order valence-corrected chi connectivity index (χ4v) is 2.22. The van der Waals surface area contributed by atoms with Gasteiger partial charge in [0, 0.05) is 22.8 Å². The first-order valence-corrected chi connectivity index (χ1v) is 6.99. The Balaban J connectivity index is 2.05. The zero-order valence-corrected chi connectivity index (χ0v) is 12.4. The van der Waals surface area contributed by atoms with Crippen molar-refractivity contribution in [2.75, 3.05) is 17.7 Å². The van der Waals surface area contributed by atoms with E-state index in [0.717, 1.165) is 22.5 Å². The molecule has 0 atom stereocenters. The van der Waals surface area contributed by atoms with E-state index in [1.165, 1.54) is 5.56 Å². The number of hydrogen-bond donors (Lipinski definition) is 2. The Morgan fingerprint density at radius 3 is 2.79 bits per heavy atom.